The lowest BCUT2D eigenvalue weighted by Gasteiger charge is -2.17. The maximum Gasteiger partial charge on any atom is 0.360 e. The predicted octanol–water partition coefficient (Wildman–Crippen LogP) is 1.92. The zero-order valence-electron chi connectivity index (χ0n) is 13.9. The van der Waals surface area contributed by atoms with Crippen LogP contribution in [0.3, 0.4) is 0 Å². The molecule has 0 aliphatic heterocycles. The normalized spacial score (nSPS) is 11.6. The number of hydrogen-bond acceptors (Lipinski definition) is 5. The summed E-state index contributed by atoms with van der Waals surface area (Å²) in [5.74, 6) is -1.54. The fourth-order valence-electron chi connectivity index (χ4n) is 2.42. The van der Waals surface area contributed by atoms with Crippen molar-refractivity contribution in [2.75, 3.05) is 7.05 Å². The SMILES string of the molecule is CNC(=O)NC(=O)[C@H](OC(=O)c1n[nH]c2ccccc12)c1ccccc1. The number of imide groups is 1. The lowest BCUT2D eigenvalue weighted by molar-refractivity contribution is -0.129. The van der Waals surface area contributed by atoms with Gasteiger partial charge in [-0.15, -0.1) is 0 Å². The molecule has 3 amide bonds. The molecular formula is C18H16N4O4. The summed E-state index contributed by atoms with van der Waals surface area (Å²) in [6, 6.07) is 14.8. The van der Waals surface area contributed by atoms with E-state index < -0.39 is 24.0 Å². The largest absolute Gasteiger partial charge is 0.442 e. The number of carbonyl (C=O) groups excluding carboxylic acids is 3. The fourth-order valence-corrected chi connectivity index (χ4v) is 2.42. The van der Waals surface area contributed by atoms with Gasteiger partial charge in [0.05, 0.1) is 5.52 Å². The highest BCUT2D eigenvalue weighted by atomic mass is 16.5. The first-order valence-corrected chi connectivity index (χ1v) is 7.81. The Balaban J connectivity index is 1.88. The Morgan fingerprint density at radius 2 is 1.73 bits per heavy atom. The number of amides is 3. The smallest absolute Gasteiger partial charge is 0.360 e. The van der Waals surface area contributed by atoms with Crippen LogP contribution in [0.1, 0.15) is 22.2 Å². The minimum atomic E-state index is -1.29. The molecule has 0 radical (unpaired) electrons. The molecule has 0 saturated carbocycles. The van der Waals surface area contributed by atoms with Crippen molar-refractivity contribution in [3.8, 4) is 0 Å². The molecule has 1 atom stereocenters. The minimum Gasteiger partial charge on any atom is -0.442 e. The molecule has 132 valence electrons. The summed E-state index contributed by atoms with van der Waals surface area (Å²) in [6.07, 6.45) is -1.29. The number of nitrogens with one attached hydrogen (secondary N) is 3. The monoisotopic (exact) mass is 352 g/mol. The lowest BCUT2D eigenvalue weighted by Crippen LogP contribution is -2.41. The average molecular weight is 352 g/mol. The lowest BCUT2D eigenvalue weighted by atomic mass is 10.1. The standard InChI is InChI=1S/C18H16N4O4/c1-19-18(25)20-16(23)15(11-7-3-2-4-8-11)26-17(24)14-12-9-5-6-10-13(12)21-22-14/h2-10,15H,1H3,(H,21,22)(H2,19,20,23,25)/t15-/m1/s1. The van der Waals surface area contributed by atoms with Crippen molar-refractivity contribution in [1.29, 1.82) is 0 Å². The molecule has 2 aromatic carbocycles. The number of rotatable bonds is 4. The number of aromatic amines is 1. The highest BCUT2D eigenvalue weighted by molar-refractivity contribution is 6.03. The summed E-state index contributed by atoms with van der Waals surface area (Å²) in [6.45, 7) is 0. The molecular weight excluding hydrogens is 336 g/mol. The van der Waals surface area contributed by atoms with Crippen molar-refractivity contribution in [3.63, 3.8) is 0 Å². The number of urea groups is 1. The van der Waals surface area contributed by atoms with Gasteiger partial charge in [-0.3, -0.25) is 15.2 Å². The Kier molecular flexibility index (Phi) is 4.93. The van der Waals surface area contributed by atoms with Crippen molar-refractivity contribution in [3.05, 3.63) is 65.9 Å². The van der Waals surface area contributed by atoms with Crippen LogP contribution in [-0.4, -0.2) is 35.2 Å². The second-order valence-electron chi connectivity index (χ2n) is 5.38. The van der Waals surface area contributed by atoms with E-state index in [0.717, 1.165) is 0 Å². The highest BCUT2D eigenvalue weighted by Crippen LogP contribution is 2.22. The molecule has 0 bridgehead atoms. The van der Waals surface area contributed by atoms with Crippen molar-refractivity contribution in [2.45, 2.75) is 6.10 Å². The second-order valence-corrected chi connectivity index (χ2v) is 5.38. The van der Waals surface area contributed by atoms with Crippen molar-refractivity contribution in [1.82, 2.24) is 20.8 Å². The van der Waals surface area contributed by atoms with Gasteiger partial charge in [-0.25, -0.2) is 9.59 Å². The van der Waals surface area contributed by atoms with Gasteiger partial charge in [-0.05, 0) is 6.07 Å². The summed E-state index contributed by atoms with van der Waals surface area (Å²) in [5.41, 5.74) is 1.17. The first-order chi connectivity index (χ1) is 12.6. The number of esters is 1. The summed E-state index contributed by atoms with van der Waals surface area (Å²) in [7, 11) is 1.38. The van der Waals surface area contributed by atoms with E-state index in [1.165, 1.54) is 7.05 Å². The van der Waals surface area contributed by atoms with Crippen LogP contribution in [0.15, 0.2) is 54.6 Å². The molecule has 26 heavy (non-hydrogen) atoms. The van der Waals surface area contributed by atoms with E-state index in [9.17, 15) is 14.4 Å². The van der Waals surface area contributed by atoms with Gasteiger partial charge < -0.3 is 10.1 Å². The Morgan fingerprint density at radius 3 is 2.46 bits per heavy atom. The van der Waals surface area contributed by atoms with E-state index in [2.05, 4.69) is 20.8 Å². The first kappa shape index (κ1) is 17.2. The molecule has 1 heterocycles. The summed E-state index contributed by atoms with van der Waals surface area (Å²) >= 11 is 0. The van der Waals surface area contributed by atoms with Gasteiger partial charge in [0.25, 0.3) is 5.91 Å². The van der Waals surface area contributed by atoms with E-state index in [0.29, 0.717) is 16.5 Å². The first-order valence-electron chi connectivity index (χ1n) is 7.81. The Labute approximate surface area is 148 Å². The molecule has 1 aromatic heterocycles. The van der Waals surface area contributed by atoms with Crippen molar-refractivity contribution < 1.29 is 19.1 Å². The Hall–Kier alpha value is -3.68. The topological polar surface area (TPSA) is 113 Å². The minimum absolute atomic E-state index is 0.0641. The number of carbonyl (C=O) groups is 3. The van der Waals surface area contributed by atoms with Gasteiger partial charge in [0.15, 0.2) is 5.69 Å². The number of aromatic nitrogens is 2. The van der Waals surface area contributed by atoms with E-state index in [1.54, 1.807) is 54.6 Å². The zero-order chi connectivity index (χ0) is 18.5. The molecule has 8 nitrogen and oxygen atoms in total. The van der Waals surface area contributed by atoms with Gasteiger partial charge in [0.2, 0.25) is 6.10 Å². The predicted molar refractivity (Wildman–Crippen MR) is 93.3 cm³/mol. The van der Waals surface area contributed by atoms with Crippen LogP contribution in [0.4, 0.5) is 4.79 Å². The van der Waals surface area contributed by atoms with Crippen molar-refractivity contribution in [2.24, 2.45) is 0 Å². The number of nitrogens with zero attached hydrogens (tertiary/aromatic N) is 1. The number of ether oxygens (including phenoxy) is 1. The molecule has 8 heteroatoms. The Morgan fingerprint density at radius 1 is 1.04 bits per heavy atom. The van der Waals surface area contributed by atoms with Gasteiger partial charge in [0.1, 0.15) is 0 Å². The van der Waals surface area contributed by atoms with Crippen LogP contribution >= 0.6 is 0 Å². The summed E-state index contributed by atoms with van der Waals surface area (Å²) < 4.78 is 5.38. The van der Waals surface area contributed by atoms with E-state index in [4.69, 9.17) is 4.74 Å². The van der Waals surface area contributed by atoms with Crippen LogP contribution in [0.5, 0.6) is 0 Å². The number of fused-ring (bicyclic) bond motifs is 1. The zero-order valence-corrected chi connectivity index (χ0v) is 13.9. The van der Waals surface area contributed by atoms with Crippen LogP contribution < -0.4 is 10.6 Å². The summed E-state index contributed by atoms with van der Waals surface area (Å²) in [4.78, 5) is 36.4. The van der Waals surface area contributed by atoms with E-state index in [1.807, 2.05) is 0 Å². The maximum absolute atomic E-state index is 12.6. The quantitative estimate of drug-likeness (QED) is 0.621. The van der Waals surface area contributed by atoms with Gasteiger partial charge >= 0.3 is 12.0 Å². The number of H-pyrrole nitrogens is 1. The molecule has 0 spiro atoms. The second kappa shape index (κ2) is 7.47. The number of para-hydroxylation sites is 1. The molecule has 0 aliphatic rings. The number of hydrogen-bond donors (Lipinski definition) is 3. The summed E-state index contributed by atoms with van der Waals surface area (Å²) in [5, 5.41) is 11.7. The van der Waals surface area contributed by atoms with Crippen molar-refractivity contribution >= 4 is 28.8 Å². The van der Waals surface area contributed by atoms with Gasteiger partial charge in [-0.1, -0.05) is 48.5 Å². The molecule has 0 unspecified atom stereocenters. The van der Waals surface area contributed by atoms with E-state index >= 15 is 0 Å². The fraction of sp³-hybridized carbons (Fsp3) is 0.111. The highest BCUT2D eigenvalue weighted by Gasteiger charge is 2.28. The third-order valence-corrected chi connectivity index (χ3v) is 3.69. The third kappa shape index (κ3) is 3.54. The molecule has 0 fully saturated rings. The van der Waals surface area contributed by atoms with Crippen LogP contribution in [0, 0.1) is 0 Å². The van der Waals surface area contributed by atoms with Gasteiger partial charge in [0, 0.05) is 18.0 Å². The number of benzene rings is 2. The molecule has 0 saturated heterocycles. The molecule has 3 aromatic rings. The molecule has 0 aliphatic carbocycles. The third-order valence-electron chi connectivity index (χ3n) is 3.69. The van der Waals surface area contributed by atoms with Crippen LogP contribution in [0.25, 0.3) is 10.9 Å². The maximum atomic E-state index is 12.6. The average Bonchev–Trinajstić information content (AvgIpc) is 3.10. The van der Waals surface area contributed by atoms with E-state index in [-0.39, 0.29) is 5.69 Å². The molecule has 3 N–H and O–H groups in total. The van der Waals surface area contributed by atoms with Crippen LogP contribution in [0.2, 0.25) is 0 Å². The molecule has 3 rings (SSSR count). The van der Waals surface area contributed by atoms with Crippen LogP contribution in [-0.2, 0) is 9.53 Å². The van der Waals surface area contributed by atoms with Gasteiger partial charge in [-0.2, -0.15) is 5.10 Å². The Bertz CT molecular complexity index is 952.